The molecule has 0 aromatic rings. The van der Waals surface area contributed by atoms with Gasteiger partial charge in [-0.3, -0.25) is 4.90 Å². The highest BCUT2D eigenvalue weighted by atomic mass is 19.3. The van der Waals surface area contributed by atoms with E-state index >= 15 is 0 Å². The van der Waals surface area contributed by atoms with Crippen LogP contribution in [0.2, 0.25) is 0 Å². The molecule has 0 spiro atoms. The first-order valence-electron chi connectivity index (χ1n) is 5.18. The fraction of sp³-hybridized carbons (Fsp3) is 1.00. The number of hydrogen-bond donors (Lipinski definition) is 0. The van der Waals surface area contributed by atoms with Gasteiger partial charge in [0.05, 0.1) is 24.8 Å². The number of fused-ring (bicyclic) bond motifs is 1. The van der Waals surface area contributed by atoms with Crippen molar-refractivity contribution in [3.63, 3.8) is 0 Å². The van der Waals surface area contributed by atoms with E-state index in [1.807, 2.05) is 18.7 Å². The molecule has 2 rings (SSSR count). The molecule has 2 fully saturated rings. The van der Waals surface area contributed by atoms with Gasteiger partial charge in [0.2, 0.25) is 0 Å². The van der Waals surface area contributed by atoms with Crippen LogP contribution in [0.4, 0.5) is 8.78 Å². The van der Waals surface area contributed by atoms with Crippen molar-refractivity contribution in [3.8, 4) is 0 Å². The van der Waals surface area contributed by atoms with Crippen LogP contribution < -0.4 is 0 Å². The Labute approximate surface area is 83.2 Å². The Balaban J connectivity index is 1.96. The van der Waals surface area contributed by atoms with Gasteiger partial charge in [0.1, 0.15) is 0 Å². The van der Waals surface area contributed by atoms with Crippen molar-refractivity contribution >= 4 is 0 Å². The summed E-state index contributed by atoms with van der Waals surface area (Å²) >= 11 is 0. The molecule has 0 amide bonds. The molecule has 0 aromatic carbocycles. The van der Waals surface area contributed by atoms with Gasteiger partial charge < -0.3 is 4.74 Å². The van der Waals surface area contributed by atoms with Crippen molar-refractivity contribution in [3.05, 3.63) is 0 Å². The van der Waals surface area contributed by atoms with Gasteiger partial charge in [-0.25, -0.2) is 8.78 Å². The topological polar surface area (TPSA) is 12.5 Å². The Bertz CT molecular complexity index is 232. The predicted molar refractivity (Wildman–Crippen MR) is 49.6 cm³/mol. The quantitative estimate of drug-likeness (QED) is 0.697. The third kappa shape index (κ3) is 1.65. The molecule has 2 nitrogen and oxygen atoms in total. The fourth-order valence-corrected chi connectivity index (χ4v) is 2.39. The highest BCUT2D eigenvalue weighted by molar-refractivity contribution is 5.09. The molecule has 0 aliphatic carbocycles. The van der Waals surface area contributed by atoms with Gasteiger partial charge in [-0.1, -0.05) is 0 Å². The average molecular weight is 205 g/mol. The normalized spacial score (nSPS) is 35.8. The van der Waals surface area contributed by atoms with Crippen LogP contribution >= 0.6 is 0 Å². The van der Waals surface area contributed by atoms with E-state index in [-0.39, 0.29) is 24.6 Å². The molecule has 2 aliphatic rings. The second kappa shape index (κ2) is 3.14. The summed E-state index contributed by atoms with van der Waals surface area (Å²) in [5.74, 6) is -2.50. The zero-order valence-corrected chi connectivity index (χ0v) is 8.72. The number of alkyl halides is 2. The van der Waals surface area contributed by atoms with Crippen molar-refractivity contribution < 1.29 is 13.5 Å². The van der Waals surface area contributed by atoms with Crippen LogP contribution in [0.3, 0.4) is 0 Å². The summed E-state index contributed by atoms with van der Waals surface area (Å²) in [5, 5.41) is 0. The van der Waals surface area contributed by atoms with Gasteiger partial charge in [0, 0.05) is 13.0 Å². The number of ether oxygens (including phenoxy) is 1. The van der Waals surface area contributed by atoms with Crippen LogP contribution in [0.1, 0.15) is 26.7 Å². The first-order chi connectivity index (χ1) is 6.44. The van der Waals surface area contributed by atoms with Crippen LogP contribution in [0.25, 0.3) is 0 Å². The molecule has 0 N–H and O–H groups in total. The molecule has 2 aliphatic heterocycles. The Kier molecular flexibility index (Phi) is 2.31. The zero-order chi connectivity index (χ0) is 10.4. The van der Waals surface area contributed by atoms with Gasteiger partial charge in [0.15, 0.2) is 0 Å². The monoisotopic (exact) mass is 205 g/mol. The molecular weight excluding hydrogens is 188 g/mol. The van der Waals surface area contributed by atoms with Gasteiger partial charge in [-0.2, -0.15) is 0 Å². The van der Waals surface area contributed by atoms with Crippen LogP contribution in [0, 0.1) is 0 Å². The van der Waals surface area contributed by atoms with E-state index in [9.17, 15) is 8.78 Å². The lowest BCUT2D eigenvalue weighted by Gasteiger charge is -2.47. The van der Waals surface area contributed by atoms with E-state index in [0.717, 1.165) is 13.0 Å². The predicted octanol–water partition coefficient (Wildman–Crippen LogP) is 1.89. The smallest absolute Gasteiger partial charge is 0.262 e. The standard InChI is InChI=1S/C10H17F2NO/c1-8(2)14-7-9-3-4-13(9)6-10(11,12)5-9/h8H,3-7H2,1-2H3. The summed E-state index contributed by atoms with van der Waals surface area (Å²) in [6, 6.07) is 0. The van der Waals surface area contributed by atoms with Crippen molar-refractivity contribution in [1.29, 1.82) is 0 Å². The van der Waals surface area contributed by atoms with Crippen molar-refractivity contribution in [2.75, 3.05) is 19.7 Å². The van der Waals surface area contributed by atoms with E-state index in [0.29, 0.717) is 6.61 Å². The van der Waals surface area contributed by atoms with Gasteiger partial charge in [0.25, 0.3) is 5.92 Å². The number of rotatable bonds is 3. The van der Waals surface area contributed by atoms with Gasteiger partial charge >= 0.3 is 0 Å². The van der Waals surface area contributed by atoms with Crippen LogP contribution in [0.15, 0.2) is 0 Å². The Hall–Kier alpha value is -0.220. The molecule has 0 radical (unpaired) electrons. The fourth-order valence-electron chi connectivity index (χ4n) is 2.39. The molecule has 0 aromatic heterocycles. The molecule has 82 valence electrons. The van der Waals surface area contributed by atoms with Gasteiger partial charge in [-0.15, -0.1) is 0 Å². The highest BCUT2D eigenvalue weighted by Crippen LogP contribution is 2.47. The minimum absolute atomic E-state index is 0.0211. The van der Waals surface area contributed by atoms with Crippen molar-refractivity contribution in [2.24, 2.45) is 0 Å². The molecular formula is C10H17F2NO. The van der Waals surface area contributed by atoms with E-state index in [2.05, 4.69) is 0 Å². The SMILES string of the molecule is CC(C)OCC12CCN1CC(F)(F)C2. The van der Waals surface area contributed by atoms with Gasteiger partial charge in [-0.05, 0) is 20.3 Å². The Morgan fingerprint density at radius 3 is 2.57 bits per heavy atom. The second-order valence-electron chi connectivity index (χ2n) is 4.79. The summed E-state index contributed by atoms with van der Waals surface area (Å²) < 4.78 is 31.8. The molecule has 0 saturated carbocycles. The molecule has 2 saturated heterocycles. The van der Waals surface area contributed by atoms with E-state index in [1.165, 1.54) is 0 Å². The van der Waals surface area contributed by atoms with E-state index in [1.54, 1.807) is 0 Å². The maximum Gasteiger partial charge on any atom is 0.262 e. The maximum absolute atomic E-state index is 13.2. The summed E-state index contributed by atoms with van der Waals surface area (Å²) in [6.07, 6.45) is 0.961. The first kappa shape index (κ1) is 10.3. The first-order valence-corrected chi connectivity index (χ1v) is 5.18. The van der Waals surface area contributed by atoms with Crippen molar-refractivity contribution in [2.45, 2.75) is 44.3 Å². The van der Waals surface area contributed by atoms with Crippen LogP contribution in [-0.4, -0.2) is 42.2 Å². The average Bonchev–Trinajstić information content (AvgIpc) is 2.22. The lowest BCUT2D eigenvalue weighted by molar-refractivity contribution is -0.0652. The molecule has 4 heteroatoms. The van der Waals surface area contributed by atoms with Crippen LogP contribution in [-0.2, 0) is 4.74 Å². The summed E-state index contributed by atoms with van der Waals surface area (Å²) in [7, 11) is 0. The van der Waals surface area contributed by atoms with Crippen LogP contribution in [0.5, 0.6) is 0 Å². The molecule has 14 heavy (non-hydrogen) atoms. The van der Waals surface area contributed by atoms with Crippen molar-refractivity contribution in [1.82, 2.24) is 4.90 Å². The lowest BCUT2D eigenvalue weighted by Crippen LogP contribution is -2.58. The Morgan fingerprint density at radius 1 is 1.43 bits per heavy atom. The minimum atomic E-state index is -2.50. The number of halogens is 2. The summed E-state index contributed by atoms with van der Waals surface area (Å²) in [4.78, 5) is 1.87. The minimum Gasteiger partial charge on any atom is -0.377 e. The summed E-state index contributed by atoms with van der Waals surface area (Å²) in [5.41, 5.74) is -0.340. The zero-order valence-electron chi connectivity index (χ0n) is 8.72. The number of nitrogens with zero attached hydrogens (tertiary/aromatic N) is 1. The third-order valence-electron chi connectivity index (χ3n) is 3.21. The Morgan fingerprint density at radius 2 is 2.14 bits per heavy atom. The largest absolute Gasteiger partial charge is 0.377 e. The van der Waals surface area contributed by atoms with E-state index < -0.39 is 5.92 Å². The highest BCUT2D eigenvalue weighted by Gasteiger charge is 2.59. The van der Waals surface area contributed by atoms with E-state index in [4.69, 9.17) is 4.74 Å². The maximum atomic E-state index is 13.2. The second-order valence-corrected chi connectivity index (χ2v) is 4.79. The molecule has 0 bridgehead atoms. The lowest BCUT2D eigenvalue weighted by atomic mass is 9.85. The summed E-state index contributed by atoms with van der Waals surface area (Å²) in [6.45, 7) is 5.06. The number of hydrogen-bond acceptors (Lipinski definition) is 2. The molecule has 1 unspecified atom stereocenters. The molecule has 2 heterocycles. The third-order valence-corrected chi connectivity index (χ3v) is 3.21. The molecule has 1 atom stereocenters.